The summed E-state index contributed by atoms with van der Waals surface area (Å²) in [5, 5.41) is -0.705. The lowest BCUT2D eigenvalue weighted by Crippen LogP contribution is -2.27. The van der Waals surface area contributed by atoms with E-state index in [9.17, 15) is 32.3 Å². The maximum absolute atomic E-state index is 13.4. The summed E-state index contributed by atoms with van der Waals surface area (Å²) in [5.74, 6) is 0. The molecule has 1 aromatic heterocycles. The summed E-state index contributed by atoms with van der Waals surface area (Å²) in [6.07, 6.45) is -4.67. The molecule has 0 atom stereocenters. The van der Waals surface area contributed by atoms with E-state index < -0.39 is 30.2 Å². The normalized spacial score (nSPS) is 12.5. The summed E-state index contributed by atoms with van der Waals surface area (Å²) < 4.78 is 51.6. The molecule has 0 aliphatic carbocycles. The Morgan fingerprint density at radius 2 is 1.64 bits per heavy atom. The van der Waals surface area contributed by atoms with Crippen LogP contribution in [-0.4, -0.2) is 14.8 Å². The lowest BCUT2D eigenvalue weighted by Gasteiger charge is -2.15. The lowest BCUT2D eigenvalue weighted by atomic mass is 9.97. The number of hydrogen-bond donors (Lipinski definition) is 3. The van der Waals surface area contributed by atoms with Crippen molar-refractivity contribution in [3.63, 3.8) is 0 Å². The number of alkyl halides is 3. The largest absolute Gasteiger partial charge is 0.417 e. The van der Waals surface area contributed by atoms with Crippen molar-refractivity contribution in [1.82, 2.24) is 4.98 Å². The van der Waals surface area contributed by atoms with Crippen LogP contribution in [0, 0.1) is 0 Å². The summed E-state index contributed by atoms with van der Waals surface area (Å²) in [5.41, 5.74) is -2.09. The van der Waals surface area contributed by atoms with Crippen LogP contribution in [0.5, 0.6) is 0 Å². The van der Waals surface area contributed by atoms with Crippen molar-refractivity contribution in [2.45, 2.75) is 6.18 Å². The molecule has 0 saturated heterocycles. The summed E-state index contributed by atoms with van der Waals surface area (Å²) in [6.45, 7) is 0. The molecule has 0 amide bonds. The maximum Gasteiger partial charge on any atom is 0.417 e. The zero-order chi connectivity index (χ0) is 18.4. The quantitative estimate of drug-likeness (QED) is 0.606. The molecular weight excluding hydrogens is 358 g/mol. The van der Waals surface area contributed by atoms with Crippen molar-refractivity contribution in [2.24, 2.45) is 0 Å². The Balaban J connectivity index is 2.39. The minimum atomic E-state index is -4.86. The topological polar surface area (TPSA) is 90.4 Å². The van der Waals surface area contributed by atoms with Gasteiger partial charge in [0.25, 0.3) is 5.56 Å². The number of rotatable bonds is 2. The number of hydrogen-bond acceptors (Lipinski definition) is 2. The van der Waals surface area contributed by atoms with E-state index in [1.807, 2.05) is 0 Å². The van der Waals surface area contributed by atoms with Crippen LogP contribution in [0.3, 0.4) is 0 Å². The van der Waals surface area contributed by atoms with Crippen molar-refractivity contribution < 1.29 is 27.5 Å². The Morgan fingerprint density at radius 3 is 2.20 bits per heavy atom. The van der Waals surface area contributed by atoms with Gasteiger partial charge in [0.1, 0.15) is 5.30 Å². The number of H-pyrrole nitrogens is 1. The third kappa shape index (κ3) is 3.37. The van der Waals surface area contributed by atoms with Gasteiger partial charge in [-0.2, -0.15) is 13.2 Å². The van der Waals surface area contributed by atoms with Crippen molar-refractivity contribution in [2.75, 3.05) is 0 Å². The Hall–Kier alpha value is -2.41. The molecule has 0 spiro atoms. The predicted molar refractivity (Wildman–Crippen MR) is 86.7 cm³/mol. The second-order valence-electron chi connectivity index (χ2n) is 5.38. The first-order valence-corrected chi connectivity index (χ1v) is 8.58. The molecule has 3 rings (SSSR count). The molecule has 0 fully saturated rings. The standard InChI is InChI=1S/C16H11F3NO4P/c17-16(18,19)12-8-13-10(6-11(12)9-4-2-1-3-5-9)7-14(15(21)20-13)25(22,23)24/h1-8H,(H,20,21)(H2,22,23,24). The Morgan fingerprint density at radius 1 is 1.00 bits per heavy atom. The molecule has 0 unspecified atom stereocenters. The van der Waals surface area contributed by atoms with E-state index in [2.05, 4.69) is 4.98 Å². The molecule has 0 saturated carbocycles. The van der Waals surface area contributed by atoms with Gasteiger partial charge >= 0.3 is 13.8 Å². The molecule has 0 bridgehead atoms. The maximum atomic E-state index is 13.4. The first kappa shape index (κ1) is 17.4. The van der Waals surface area contributed by atoms with Gasteiger partial charge in [-0.1, -0.05) is 30.3 Å². The SMILES string of the molecule is O=c1[nH]c2cc(C(F)(F)F)c(-c3ccccc3)cc2cc1P(=O)(O)O. The van der Waals surface area contributed by atoms with Gasteiger partial charge in [-0.15, -0.1) is 0 Å². The zero-order valence-corrected chi connectivity index (χ0v) is 13.3. The molecule has 0 radical (unpaired) electrons. The van der Waals surface area contributed by atoms with E-state index in [0.29, 0.717) is 5.56 Å². The zero-order valence-electron chi connectivity index (χ0n) is 12.4. The highest BCUT2D eigenvalue weighted by atomic mass is 31.2. The summed E-state index contributed by atoms with van der Waals surface area (Å²) in [6, 6.07) is 10.6. The van der Waals surface area contributed by atoms with Crippen molar-refractivity contribution in [3.8, 4) is 11.1 Å². The third-order valence-corrected chi connectivity index (χ3v) is 4.63. The molecule has 9 heteroatoms. The van der Waals surface area contributed by atoms with Crippen LogP contribution in [0.15, 0.2) is 53.3 Å². The molecule has 3 aromatic rings. The van der Waals surface area contributed by atoms with Crippen molar-refractivity contribution >= 4 is 23.8 Å². The summed E-state index contributed by atoms with van der Waals surface area (Å²) in [7, 11) is -4.86. The third-order valence-electron chi connectivity index (χ3n) is 3.67. The molecule has 2 aromatic carbocycles. The molecule has 130 valence electrons. The molecule has 3 N–H and O–H groups in total. The molecule has 0 aliphatic rings. The lowest BCUT2D eigenvalue weighted by molar-refractivity contribution is -0.137. The fourth-order valence-corrected chi connectivity index (χ4v) is 3.18. The van der Waals surface area contributed by atoms with Crippen molar-refractivity contribution in [1.29, 1.82) is 0 Å². The van der Waals surface area contributed by atoms with Crippen LogP contribution in [-0.2, 0) is 10.7 Å². The fourth-order valence-electron chi connectivity index (χ4n) is 2.55. The Kier molecular flexibility index (Phi) is 4.07. The van der Waals surface area contributed by atoms with E-state index in [0.717, 1.165) is 18.2 Å². The molecule has 1 heterocycles. The highest BCUT2D eigenvalue weighted by Gasteiger charge is 2.34. The summed E-state index contributed by atoms with van der Waals surface area (Å²) in [4.78, 5) is 32.3. The Labute approximate surface area is 138 Å². The van der Waals surface area contributed by atoms with Gasteiger partial charge in [0.2, 0.25) is 0 Å². The minimum Gasteiger partial charge on any atom is -0.321 e. The van der Waals surface area contributed by atoms with Gasteiger partial charge in [-0.05, 0) is 34.7 Å². The van der Waals surface area contributed by atoms with Crippen LogP contribution in [0.1, 0.15) is 5.56 Å². The van der Waals surface area contributed by atoms with Crippen LogP contribution in [0.4, 0.5) is 13.2 Å². The van der Waals surface area contributed by atoms with Gasteiger partial charge in [0.05, 0.1) is 5.56 Å². The molecule has 0 aliphatic heterocycles. The van der Waals surface area contributed by atoms with Crippen LogP contribution in [0.2, 0.25) is 0 Å². The Bertz CT molecular complexity index is 1050. The first-order valence-electron chi connectivity index (χ1n) is 6.97. The fraction of sp³-hybridized carbons (Fsp3) is 0.0625. The second kappa shape index (κ2) is 5.84. The van der Waals surface area contributed by atoms with Crippen LogP contribution >= 0.6 is 7.60 Å². The number of nitrogens with one attached hydrogen (secondary N) is 1. The van der Waals surface area contributed by atoms with Gasteiger partial charge in [0, 0.05) is 5.52 Å². The number of benzene rings is 2. The average molecular weight is 369 g/mol. The van der Waals surface area contributed by atoms with E-state index in [-0.39, 0.29) is 16.5 Å². The molecule has 25 heavy (non-hydrogen) atoms. The highest BCUT2D eigenvalue weighted by Crippen LogP contribution is 2.39. The van der Waals surface area contributed by atoms with Gasteiger partial charge in [0.15, 0.2) is 0 Å². The van der Waals surface area contributed by atoms with Gasteiger partial charge in [-0.3, -0.25) is 9.36 Å². The van der Waals surface area contributed by atoms with Crippen molar-refractivity contribution in [3.05, 3.63) is 64.4 Å². The van der Waals surface area contributed by atoms with Crippen LogP contribution < -0.4 is 10.9 Å². The number of pyridine rings is 1. The smallest absolute Gasteiger partial charge is 0.321 e. The van der Waals surface area contributed by atoms with Crippen LogP contribution in [0.25, 0.3) is 22.0 Å². The first-order chi connectivity index (χ1) is 11.6. The monoisotopic (exact) mass is 369 g/mol. The van der Waals surface area contributed by atoms with E-state index >= 15 is 0 Å². The number of aromatic nitrogens is 1. The number of fused-ring (bicyclic) bond motifs is 1. The van der Waals surface area contributed by atoms with Gasteiger partial charge in [-0.25, -0.2) is 0 Å². The number of halogens is 3. The number of aromatic amines is 1. The minimum absolute atomic E-state index is 0.0878. The predicted octanol–water partition coefficient (Wildman–Crippen LogP) is 3.02. The van der Waals surface area contributed by atoms with E-state index in [1.54, 1.807) is 18.2 Å². The molecular formula is C16H11F3NO4P. The van der Waals surface area contributed by atoms with Gasteiger partial charge < -0.3 is 14.8 Å². The second-order valence-corrected chi connectivity index (χ2v) is 6.95. The molecule has 5 nitrogen and oxygen atoms in total. The highest BCUT2D eigenvalue weighted by molar-refractivity contribution is 7.60. The average Bonchev–Trinajstić information content (AvgIpc) is 2.52. The summed E-state index contributed by atoms with van der Waals surface area (Å²) >= 11 is 0. The van der Waals surface area contributed by atoms with E-state index in [1.165, 1.54) is 12.1 Å². The van der Waals surface area contributed by atoms with E-state index in [4.69, 9.17) is 0 Å².